The quantitative estimate of drug-likeness (QED) is 0.658. The molecule has 0 heterocycles. The first kappa shape index (κ1) is 18.1. The second kappa shape index (κ2) is 6.68. The van der Waals surface area contributed by atoms with Crippen molar-refractivity contribution in [3.8, 4) is 17.2 Å². The highest BCUT2D eigenvalue weighted by molar-refractivity contribution is 5.99. The molecule has 0 amide bonds. The maximum absolute atomic E-state index is 12.2. The minimum atomic E-state index is -0.384. The summed E-state index contributed by atoms with van der Waals surface area (Å²) >= 11 is 0. The third-order valence-corrected chi connectivity index (χ3v) is 3.28. The summed E-state index contributed by atoms with van der Waals surface area (Å²) in [6, 6.07) is 14.8. The standard InChI is InChI=1S/C21H26O3/c1-20(2,3)19(22)15-7-9-16(10-8-15)23-17-11-13-18(14-12-17)24-21(4,5)6/h7-14H,1-6H3. The Morgan fingerprint density at radius 1 is 0.708 bits per heavy atom. The number of ether oxygens (including phenoxy) is 2. The van der Waals surface area contributed by atoms with E-state index in [-0.39, 0.29) is 16.8 Å². The van der Waals surface area contributed by atoms with E-state index in [1.165, 1.54) is 0 Å². The van der Waals surface area contributed by atoms with Crippen molar-refractivity contribution >= 4 is 5.78 Å². The number of Topliss-reactive ketones (excluding diaryl/α,β-unsaturated/α-hetero) is 1. The molecule has 0 aliphatic heterocycles. The first-order valence-corrected chi connectivity index (χ1v) is 8.16. The van der Waals surface area contributed by atoms with Gasteiger partial charge >= 0.3 is 0 Å². The Morgan fingerprint density at radius 2 is 1.12 bits per heavy atom. The first-order chi connectivity index (χ1) is 11.0. The molecule has 2 aromatic rings. The lowest BCUT2D eigenvalue weighted by Gasteiger charge is -2.21. The largest absolute Gasteiger partial charge is 0.488 e. The van der Waals surface area contributed by atoms with Gasteiger partial charge < -0.3 is 9.47 Å². The van der Waals surface area contributed by atoms with E-state index in [0.29, 0.717) is 11.3 Å². The molecule has 2 rings (SSSR count). The van der Waals surface area contributed by atoms with E-state index in [9.17, 15) is 4.79 Å². The maximum Gasteiger partial charge on any atom is 0.168 e. The molecule has 0 spiro atoms. The van der Waals surface area contributed by atoms with E-state index in [0.717, 1.165) is 11.5 Å². The van der Waals surface area contributed by atoms with E-state index in [4.69, 9.17) is 9.47 Å². The molecule has 0 saturated heterocycles. The van der Waals surface area contributed by atoms with Crippen LogP contribution in [0.2, 0.25) is 0 Å². The van der Waals surface area contributed by atoms with Gasteiger partial charge in [0.05, 0.1) is 0 Å². The lowest BCUT2D eigenvalue weighted by Crippen LogP contribution is -2.22. The molecule has 0 aromatic heterocycles. The summed E-state index contributed by atoms with van der Waals surface area (Å²) in [6.07, 6.45) is 0. The van der Waals surface area contributed by atoms with Gasteiger partial charge in [0, 0.05) is 11.0 Å². The summed E-state index contributed by atoms with van der Waals surface area (Å²) in [5.41, 5.74) is 0.0899. The molecular formula is C21H26O3. The predicted octanol–water partition coefficient (Wildman–Crippen LogP) is 5.89. The van der Waals surface area contributed by atoms with Crippen LogP contribution in [-0.4, -0.2) is 11.4 Å². The highest BCUT2D eigenvalue weighted by Crippen LogP contribution is 2.27. The lowest BCUT2D eigenvalue weighted by atomic mass is 9.86. The van der Waals surface area contributed by atoms with E-state index in [2.05, 4.69) is 0 Å². The fraction of sp³-hybridized carbons (Fsp3) is 0.381. The van der Waals surface area contributed by atoms with Gasteiger partial charge in [-0.1, -0.05) is 20.8 Å². The highest BCUT2D eigenvalue weighted by Gasteiger charge is 2.22. The summed E-state index contributed by atoms with van der Waals surface area (Å²) in [6.45, 7) is 11.8. The normalized spacial score (nSPS) is 11.9. The van der Waals surface area contributed by atoms with Crippen LogP contribution in [0.25, 0.3) is 0 Å². The smallest absolute Gasteiger partial charge is 0.168 e. The van der Waals surface area contributed by atoms with Crippen LogP contribution in [-0.2, 0) is 0 Å². The minimum Gasteiger partial charge on any atom is -0.488 e. The van der Waals surface area contributed by atoms with Crippen molar-refractivity contribution in [1.82, 2.24) is 0 Å². The molecular weight excluding hydrogens is 300 g/mol. The number of rotatable bonds is 4. The molecule has 0 fully saturated rings. The van der Waals surface area contributed by atoms with Crippen LogP contribution in [0.4, 0.5) is 0 Å². The summed E-state index contributed by atoms with van der Waals surface area (Å²) in [4.78, 5) is 12.2. The van der Waals surface area contributed by atoms with Gasteiger partial charge in [0.1, 0.15) is 22.8 Å². The molecule has 0 N–H and O–H groups in total. The summed E-state index contributed by atoms with van der Waals surface area (Å²) in [5, 5.41) is 0. The van der Waals surface area contributed by atoms with Crippen molar-refractivity contribution in [3.05, 3.63) is 54.1 Å². The molecule has 24 heavy (non-hydrogen) atoms. The number of carbonyl (C=O) groups excluding carboxylic acids is 1. The molecule has 128 valence electrons. The Bertz CT molecular complexity index is 684. The van der Waals surface area contributed by atoms with Crippen LogP contribution >= 0.6 is 0 Å². The molecule has 0 radical (unpaired) electrons. The van der Waals surface area contributed by atoms with Crippen molar-refractivity contribution < 1.29 is 14.3 Å². The molecule has 0 aliphatic rings. The fourth-order valence-corrected chi connectivity index (χ4v) is 2.17. The van der Waals surface area contributed by atoms with Crippen LogP contribution in [0, 0.1) is 5.41 Å². The average molecular weight is 326 g/mol. The van der Waals surface area contributed by atoms with Gasteiger partial charge in [-0.25, -0.2) is 0 Å². The monoisotopic (exact) mass is 326 g/mol. The molecule has 3 heteroatoms. The Kier molecular flexibility index (Phi) is 5.02. The zero-order valence-corrected chi connectivity index (χ0v) is 15.3. The first-order valence-electron chi connectivity index (χ1n) is 8.16. The van der Waals surface area contributed by atoms with E-state index < -0.39 is 0 Å². The van der Waals surface area contributed by atoms with E-state index >= 15 is 0 Å². The van der Waals surface area contributed by atoms with Crippen LogP contribution in [0.3, 0.4) is 0 Å². The third kappa shape index (κ3) is 5.12. The van der Waals surface area contributed by atoms with Crippen LogP contribution < -0.4 is 9.47 Å². The van der Waals surface area contributed by atoms with Crippen molar-refractivity contribution in [2.45, 2.75) is 47.1 Å². The molecule has 0 atom stereocenters. The summed E-state index contributed by atoms with van der Waals surface area (Å²) in [5.74, 6) is 2.36. The van der Waals surface area contributed by atoms with Gasteiger partial charge in [-0.2, -0.15) is 0 Å². The topological polar surface area (TPSA) is 35.5 Å². The van der Waals surface area contributed by atoms with Crippen molar-refractivity contribution in [3.63, 3.8) is 0 Å². The molecule has 2 aromatic carbocycles. The van der Waals surface area contributed by atoms with Gasteiger partial charge in [-0.05, 0) is 69.3 Å². The van der Waals surface area contributed by atoms with Crippen molar-refractivity contribution in [2.24, 2.45) is 5.41 Å². The number of hydrogen-bond acceptors (Lipinski definition) is 3. The maximum atomic E-state index is 12.2. The average Bonchev–Trinajstić information content (AvgIpc) is 2.47. The van der Waals surface area contributed by atoms with Gasteiger partial charge in [0.25, 0.3) is 0 Å². The zero-order chi connectivity index (χ0) is 18.0. The molecule has 0 bridgehead atoms. The summed E-state index contributed by atoms with van der Waals surface area (Å²) < 4.78 is 11.6. The molecule has 0 aliphatic carbocycles. The second-order valence-electron chi connectivity index (χ2n) is 7.89. The number of ketones is 1. The Labute approximate surface area is 144 Å². The third-order valence-electron chi connectivity index (χ3n) is 3.28. The highest BCUT2D eigenvalue weighted by atomic mass is 16.5. The van der Waals surface area contributed by atoms with Gasteiger partial charge in [0.15, 0.2) is 5.78 Å². The van der Waals surface area contributed by atoms with Crippen LogP contribution in [0.15, 0.2) is 48.5 Å². The van der Waals surface area contributed by atoms with Crippen LogP contribution in [0.1, 0.15) is 51.9 Å². The van der Waals surface area contributed by atoms with Gasteiger partial charge in [0.2, 0.25) is 0 Å². The van der Waals surface area contributed by atoms with Gasteiger partial charge in [-0.3, -0.25) is 4.79 Å². The summed E-state index contributed by atoms with van der Waals surface area (Å²) in [7, 11) is 0. The second-order valence-corrected chi connectivity index (χ2v) is 7.89. The van der Waals surface area contributed by atoms with E-state index in [1.54, 1.807) is 12.1 Å². The molecule has 0 saturated carbocycles. The van der Waals surface area contributed by atoms with Gasteiger partial charge in [-0.15, -0.1) is 0 Å². The van der Waals surface area contributed by atoms with Crippen molar-refractivity contribution in [2.75, 3.05) is 0 Å². The number of benzene rings is 2. The molecule has 0 unspecified atom stereocenters. The zero-order valence-electron chi connectivity index (χ0n) is 15.3. The Hall–Kier alpha value is -2.29. The number of carbonyl (C=O) groups is 1. The molecule has 3 nitrogen and oxygen atoms in total. The Balaban J connectivity index is 2.05. The minimum absolute atomic E-state index is 0.123. The lowest BCUT2D eigenvalue weighted by molar-refractivity contribution is 0.0858. The SMILES string of the molecule is CC(C)(C)Oc1ccc(Oc2ccc(C(=O)C(C)(C)C)cc2)cc1. The predicted molar refractivity (Wildman–Crippen MR) is 97.1 cm³/mol. The number of hydrogen-bond donors (Lipinski definition) is 0. The van der Waals surface area contributed by atoms with E-state index in [1.807, 2.05) is 77.9 Å². The Morgan fingerprint density at radius 3 is 1.54 bits per heavy atom. The van der Waals surface area contributed by atoms with Crippen LogP contribution in [0.5, 0.6) is 17.2 Å². The fourth-order valence-electron chi connectivity index (χ4n) is 2.17. The van der Waals surface area contributed by atoms with Crippen molar-refractivity contribution in [1.29, 1.82) is 0 Å².